The Morgan fingerprint density at radius 1 is 1.15 bits per heavy atom. The highest BCUT2D eigenvalue weighted by Gasteiger charge is 2.21. The molecule has 2 nitrogen and oxygen atoms in total. The number of rotatable bonds is 3. The smallest absolute Gasteiger partial charge is 0.182 e. The minimum atomic E-state index is 0. The van der Waals surface area contributed by atoms with Crippen LogP contribution in [0.1, 0.15) is 10.4 Å². The van der Waals surface area contributed by atoms with Gasteiger partial charge >= 0.3 is 0 Å². The predicted molar refractivity (Wildman–Crippen MR) is 93.3 cm³/mol. The number of nitrogens with zero attached hydrogens (tertiary/aromatic N) is 1. The van der Waals surface area contributed by atoms with Crippen molar-refractivity contribution < 1.29 is 4.79 Å². The maximum atomic E-state index is 12.3. The van der Waals surface area contributed by atoms with Crippen molar-refractivity contribution in [2.45, 2.75) is 4.90 Å². The lowest BCUT2D eigenvalue weighted by molar-refractivity contribution is 0.1000. The average Bonchev–Trinajstić information content (AvgIpc) is 2.83. The molecule has 104 valence electrons. The molecule has 0 N–H and O–H groups in total. The van der Waals surface area contributed by atoms with E-state index in [2.05, 4.69) is 33.0 Å². The highest BCUT2D eigenvalue weighted by Crippen LogP contribution is 2.37. The van der Waals surface area contributed by atoms with Crippen molar-refractivity contribution in [1.82, 2.24) is 0 Å². The van der Waals surface area contributed by atoms with Crippen molar-refractivity contribution in [2.24, 2.45) is 0 Å². The van der Waals surface area contributed by atoms with Gasteiger partial charge in [0.05, 0.1) is 18.1 Å². The first-order valence-corrected chi connectivity index (χ1v) is 7.77. The third kappa shape index (κ3) is 3.27. The van der Waals surface area contributed by atoms with Gasteiger partial charge in [0.2, 0.25) is 0 Å². The number of halogens is 2. The van der Waals surface area contributed by atoms with E-state index in [0.29, 0.717) is 6.54 Å². The van der Waals surface area contributed by atoms with E-state index in [1.807, 2.05) is 36.4 Å². The molecule has 0 amide bonds. The molecule has 0 bridgehead atoms. The van der Waals surface area contributed by atoms with E-state index in [1.54, 1.807) is 11.8 Å². The molecule has 0 spiro atoms. The number of carbonyl (C=O) groups excluding carboxylic acids is 1. The van der Waals surface area contributed by atoms with Gasteiger partial charge in [0, 0.05) is 14.9 Å². The van der Waals surface area contributed by atoms with Crippen LogP contribution < -0.4 is 4.90 Å². The van der Waals surface area contributed by atoms with Crippen molar-refractivity contribution in [3.8, 4) is 0 Å². The van der Waals surface area contributed by atoms with Gasteiger partial charge in [-0.05, 0) is 24.3 Å². The zero-order valence-corrected chi connectivity index (χ0v) is 14.7. The summed E-state index contributed by atoms with van der Waals surface area (Å²) in [5, 5.41) is 0. The molecule has 0 fully saturated rings. The quantitative estimate of drug-likeness (QED) is 0.674. The summed E-state index contributed by atoms with van der Waals surface area (Å²) in [6.07, 6.45) is 0. The van der Waals surface area contributed by atoms with Crippen LogP contribution in [0.3, 0.4) is 0 Å². The van der Waals surface area contributed by atoms with Gasteiger partial charge in [-0.15, -0.1) is 28.7 Å². The Kier molecular flexibility index (Phi) is 5.29. The summed E-state index contributed by atoms with van der Waals surface area (Å²) in [5.41, 5.74) is 1.93. The summed E-state index contributed by atoms with van der Waals surface area (Å²) >= 11 is 5.16. The predicted octanol–water partition coefficient (Wildman–Crippen LogP) is 4.78. The summed E-state index contributed by atoms with van der Waals surface area (Å²) in [5.74, 6) is 1.01. The fraction of sp³-hybridized carbons (Fsp3) is 0.133. The van der Waals surface area contributed by atoms with Gasteiger partial charge in [0.15, 0.2) is 5.78 Å². The normalized spacial score (nSPS) is 12.8. The van der Waals surface area contributed by atoms with Gasteiger partial charge in [-0.25, -0.2) is 0 Å². The molecule has 5 heteroatoms. The van der Waals surface area contributed by atoms with E-state index < -0.39 is 0 Å². The molecule has 1 aliphatic heterocycles. The molecule has 20 heavy (non-hydrogen) atoms. The molecule has 0 radical (unpaired) electrons. The Morgan fingerprint density at radius 3 is 2.60 bits per heavy atom. The minimum Gasteiger partial charge on any atom is -0.353 e. The summed E-state index contributed by atoms with van der Waals surface area (Å²) in [7, 11) is 0. The standard InChI is InChI=1S/C15H12BrNOS.BrH/c16-12-7-5-11(6-8-12)14(18)9-17-10-19-15-4-2-1-3-13(15)17;/h1-8H,9-10H2;1H. The van der Waals surface area contributed by atoms with Crippen molar-refractivity contribution in [1.29, 1.82) is 0 Å². The number of hydrogen-bond donors (Lipinski definition) is 0. The number of Topliss-reactive ketones (excluding diaryl/α,β-unsaturated/α-hetero) is 1. The fourth-order valence-electron chi connectivity index (χ4n) is 2.09. The van der Waals surface area contributed by atoms with Crippen molar-refractivity contribution in [2.75, 3.05) is 17.3 Å². The molecule has 0 saturated heterocycles. The lowest BCUT2D eigenvalue weighted by Crippen LogP contribution is -2.27. The number of carbonyl (C=O) groups is 1. The number of ketones is 1. The Balaban J connectivity index is 0.00000147. The van der Waals surface area contributed by atoms with Gasteiger partial charge in [-0.1, -0.05) is 40.2 Å². The van der Waals surface area contributed by atoms with Crippen LogP contribution in [0.2, 0.25) is 0 Å². The largest absolute Gasteiger partial charge is 0.353 e. The first-order valence-electron chi connectivity index (χ1n) is 5.99. The fourth-order valence-corrected chi connectivity index (χ4v) is 3.40. The number of fused-ring (bicyclic) bond motifs is 1. The van der Waals surface area contributed by atoms with E-state index in [-0.39, 0.29) is 22.8 Å². The molecule has 3 rings (SSSR count). The molecular weight excluding hydrogens is 402 g/mol. The molecule has 0 unspecified atom stereocenters. The van der Waals surface area contributed by atoms with Crippen LogP contribution in [0.5, 0.6) is 0 Å². The molecule has 0 saturated carbocycles. The number of anilines is 1. The second-order valence-electron chi connectivity index (χ2n) is 4.37. The number of hydrogen-bond acceptors (Lipinski definition) is 3. The maximum absolute atomic E-state index is 12.3. The second kappa shape index (κ2) is 6.78. The average molecular weight is 415 g/mol. The summed E-state index contributed by atoms with van der Waals surface area (Å²) in [6, 6.07) is 15.8. The Morgan fingerprint density at radius 2 is 1.85 bits per heavy atom. The van der Waals surface area contributed by atoms with Crippen molar-refractivity contribution >= 4 is 56.1 Å². The van der Waals surface area contributed by atoms with Crippen LogP contribution in [0, 0.1) is 0 Å². The first-order chi connectivity index (χ1) is 9.24. The summed E-state index contributed by atoms with van der Waals surface area (Å²) < 4.78 is 0.992. The highest BCUT2D eigenvalue weighted by molar-refractivity contribution is 9.10. The zero-order valence-electron chi connectivity index (χ0n) is 10.6. The number of thioether (sulfide) groups is 1. The zero-order chi connectivity index (χ0) is 13.2. The third-order valence-corrected chi connectivity index (χ3v) is 4.71. The topological polar surface area (TPSA) is 20.3 Å². The monoisotopic (exact) mass is 413 g/mol. The van der Waals surface area contributed by atoms with Gasteiger partial charge in [0.1, 0.15) is 0 Å². The van der Waals surface area contributed by atoms with Gasteiger partial charge < -0.3 is 4.90 Å². The Labute approximate surface area is 141 Å². The van der Waals surface area contributed by atoms with E-state index in [1.165, 1.54) is 4.90 Å². The molecule has 2 aromatic carbocycles. The first kappa shape index (κ1) is 15.6. The van der Waals surface area contributed by atoms with Crippen LogP contribution in [0.4, 0.5) is 5.69 Å². The molecule has 1 heterocycles. The minimum absolute atomic E-state index is 0. The summed E-state index contributed by atoms with van der Waals surface area (Å²) in [4.78, 5) is 15.6. The third-order valence-electron chi connectivity index (χ3n) is 3.08. The lowest BCUT2D eigenvalue weighted by Gasteiger charge is -2.17. The second-order valence-corrected chi connectivity index (χ2v) is 6.27. The Bertz CT molecular complexity index is 616. The summed E-state index contributed by atoms with van der Waals surface area (Å²) in [6.45, 7) is 0.436. The van der Waals surface area contributed by atoms with Gasteiger partial charge in [0.25, 0.3) is 0 Å². The molecular formula is C15H13Br2NOS. The molecule has 0 aromatic heterocycles. The molecule has 0 aliphatic carbocycles. The van der Waals surface area contributed by atoms with E-state index >= 15 is 0 Å². The van der Waals surface area contributed by atoms with Crippen LogP contribution in [-0.2, 0) is 0 Å². The van der Waals surface area contributed by atoms with Crippen molar-refractivity contribution in [3.05, 3.63) is 58.6 Å². The number of para-hydroxylation sites is 1. The molecule has 2 aromatic rings. The Hall–Kier alpha value is -0.780. The van der Waals surface area contributed by atoms with Crippen LogP contribution in [0.25, 0.3) is 0 Å². The van der Waals surface area contributed by atoms with E-state index in [9.17, 15) is 4.79 Å². The maximum Gasteiger partial charge on any atom is 0.182 e. The SMILES string of the molecule is Br.O=C(CN1CSc2ccccc21)c1ccc(Br)cc1. The highest BCUT2D eigenvalue weighted by atomic mass is 79.9. The molecule has 0 atom stereocenters. The van der Waals surface area contributed by atoms with Crippen LogP contribution >= 0.6 is 44.7 Å². The van der Waals surface area contributed by atoms with E-state index in [4.69, 9.17) is 0 Å². The number of benzene rings is 2. The lowest BCUT2D eigenvalue weighted by atomic mass is 10.1. The molecule has 1 aliphatic rings. The van der Waals surface area contributed by atoms with Gasteiger partial charge in [-0.2, -0.15) is 0 Å². The van der Waals surface area contributed by atoms with Crippen molar-refractivity contribution in [3.63, 3.8) is 0 Å². The van der Waals surface area contributed by atoms with Gasteiger partial charge in [-0.3, -0.25) is 4.79 Å². The van der Waals surface area contributed by atoms with Crippen LogP contribution in [0.15, 0.2) is 57.9 Å². The van der Waals surface area contributed by atoms with Crippen LogP contribution in [-0.4, -0.2) is 18.2 Å². The van der Waals surface area contributed by atoms with E-state index in [0.717, 1.165) is 21.6 Å².